The van der Waals surface area contributed by atoms with Gasteiger partial charge in [-0.3, -0.25) is 4.90 Å². The van der Waals surface area contributed by atoms with E-state index in [1.807, 2.05) is 0 Å². The second-order valence-electron chi connectivity index (χ2n) is 6.03. The maximum absolute atomic E-state index is 5.73. The maximum atomic E-state index is 5.73. The number of nitrogens with two attached hydrogens (primary N) is 1. The molecule has 1 heterocycles. The van der Waals surface area contributed by atoms with E-state index in [-0.39, 0.29) is 0 Å². The molecule has 114 valence electrons. The molecule has 1 atom stereocenters. The normalized spacial score (nSPS) is 20.7. The third kappa shape index (κ3) is 6.70. The third-order valence-corrected chi connectivity index (χ3v) is 4.19. The predicted molar refractivity (Wildman–Crippen MR) is 83.6 cm³/mol. The van der Waals surface area contributed by atoms with Crippen molar-refractivity contribution in [3.05, 3.63) is 0 Å². The fourth-order valence-electron chi connectivity index (χ4n) is 3.03. The second-order valence-corrected chi connectivity index (χ2v) is 6.03. The highest BCUT2D eigenvalue weighted by Crippen LogP contribution is 2.12. The Labute approximate surface area is 119 Å². The van der Waals surface area contributed by atoms with E-state index in [9.17, 15) is 0 Å². The van der Waals surface area contributed by atoms with Crippen LogP contribution in [-0.2, 0) is 0 Å². The third-order valence-electron chi connectivity index (χ3n) is 4.19. The van der Waals surface area contributed by atoms with Crippen LogP contribution in [0.25, 0.3) is 0 Å². The predicted octanol–water partition coefficient (Wildman–Crippen LogP) is 1.07. The smallest absolute Gasteiger partial charge is 0.0112 e. The molecule has 4 heteroatoms. The van der Waals surface area contributed by atoms with Crippen LogP contribution in [-0.4, -0.2) is 80.7 Å². The molecule has 0 aliphatic carbocycles. The Morgan fingerprint density at radius 1 is 1.16 bits per heavy atom. The molecule has 0 spiro atoms. The van der Waals surface area contributed by atoms with Crippen molar-refractivity contribution in [1.82, 2.24) is 14.7 Å². The summed E-state index contributed by atoms with van der Waals surface area (Å²) in [6, 6.07) is 0.701. The molecule has 0 aromatic carbocycles. The maximum Gasteiger partial charge on any atom is 0.0112 e. The summed E-state index contributed by atoms with van der Waals surface area (Å²) in [7, 11) is 4.31. The van der Waals surface area contributed by atoms with E-state index >= 15 is 0 Å². The zero-order chi connectivity index (χ0) is 14.1. The van der Waals surface area contributed by atoms with Crippen molar-refractivity contribution >= 4 is 0 Å². The molecule has 1 unspecified atom stereocenters. The summed E-state index contributed by atoms with van der Waals surface area (Å²) < 4.78 is 0. The molecular weight excluding hydrogens is 236 g/mol. The van der Waals surface area contributed by atoms with Gasteiger partial charge in [-0.2, -0.15) is 0 Å². The van der Waals surface area contributed by atoms with Gasteiger partial charge in [0.25, 0.3) is 0 Å². The van der Waals surface area contributed by atoms with Gasteiger partial charge in [-0.1, -0.05) is 6.92 Å². The summed E-state index contributed by atoms with van der Waals surface area (Å²) in [4.78, 5) is 7.58. The van der Waals surface area contributed by atoms with Gasteiger partial charge in [0.05, 0.1) is 0 Å². The number of nitrogens with zero attached hydrogens (tertiary/aromatic N) is 3. The Morgan fingerprint density at radius 3 is 2.58 bits per heavy atom. The van der Waals surface area contributed by atoms with Gasteiger partial charge in [0.2, 0.25) is 0 Å². The van der Waals surface area contributed by atoms with Crippen LogP contribution in [0, 0.1) is 0 Å². The van der Waals surface area contributed by atoms with Gasteiger partial charge in [0, 0.05) is 19.1 Å². The van der Waals surface area contributed by atoms with Gasteiger partial charge in [-0.05, 0) is 72.5 Å². The molecule has 0 bridgehead atoms. The summed E-state index contributed by atoms with van der Waals surface area (Å²) in [5.74, 6) is 0. The van der Waals surface area contributed by atoms with E-state index in [0.717, 1.165) is 13.0 Å². The standard InChI is InChI=1S/C15H34N4/c1-4-15(7-8-16)19-12-6-11-18(13-14-19)10-5-9-17(2)3/h15H,4-14,16H2,1-3H3. The molecule has 0 radical (unpaired) electrons. The van der Waals surface area contributed by atoms with E-state index in [0.29, 0.717) is 6.04 Å². The van der Waals surface area contributed by atoms with Gasteiger partial charge in [0.1, 0.15) is 0 Å². The van der Waals surface area contributed by atoms with Crippen molar-refractivity contribution in [3.8, 4) is 0 Å². The van der Waals surface area contributed by atoms with Crippen molar-refractivity contribution in [2.75, 3.05) is 59.9 Å². The van der Waals surface area contributed by atoms with E-state index in [1.54, 1.807) is 0 Å². The highest BCUT2D eigenvalue weighted by atomic mass is 15.2. The van der Waals surface area contributed by atoms with E-state index < -0.39 is 0 Å². The highest BCUT2D eigenvalue weighted by molar-refractivity contribution is 4.76. The zero-order valence-corrected chi connectivity index (χ0v) is 13.3. The molecule has 4 nitrogen and oxygen atoms in total. The summed E-state index contributed by atoms with van der Waals surface area (Å²) in [6.45, 7) is 10.5. The fraction of sp³-hybridized carbons (Fsp3) is 1.00. The molecule has 1 aliphatic rings. The minimum absolute atomic E-state index is 0.701. The van der Waals surface area contributed by atoms with Crippen LogP contribution in [0.3, 0.4) is 0 Å². The number of hydrogen-bond acceptors (Lipinski definition) is 4. The molecule has 1 aliphatic heterocycles. The SMILES string of the molecule is CCC(CCN)N1CCCN(CCCN(C)C)CC1. The molecule has 0 amide bonds. The molecule has 0 aromatic rings. The molecular formula is C15H34N4. The minimum atomic E-state index is 0.701. The van der Waals surface area contributed by atoms with Crippen LogP contribution in [0.4, 0.5) is 0 Å². The Hall–Kier alpha value is -0.160. The van der Waals surface area contributed by atoms with Crippen LogP contribution < -0.4 is 5.73 Å². The second kappa shape index (κ2) is 9.70. The molecule has 0 saturated carbocycles. The molecule has 1 fully saturated rings. The minimum Gasteiger partial charge on any atom is -0.330 e. The van der Waals surface area contributed by atoms with Crippen LogP contribution in [0.5, 0.6) is 0 Å². The summed E-state index contributed by atoms with van der Waals surface area (Å²) in [5, 5.41) is 0. The van der Waals surface area contributed by atoms with E-state index in [1.165, 1.54) is 58.5 Å². The molecule has 0 aromatic heterocycles. The lowest BCUT2D eigenvalue weighted by Crippen LogP contribution is -2.39. The van der Waals surface area contributed by atoms with Gasteiger partial charge < -0.3 is 15.5 Å². The molecule has 1 rings (SSSR count). The lowest BCUT2D eigenvalue weighted by molar-refractivity contribution is 0.184. The Kier molecular flexibility index (Phi) is 8.62. The lowest BCUT2D eigenvalue weighted by Gasteiger charge is -2.29. The van der Waals surface area contributed by atoms with Crippen LogP contribution in [0.2, 0.25) is 0 Å². The van der Waals surface area contributed by atoms with Crippen LogP contribution >= 0.6 is 0 Å². The Balaban J connectivity index is 2.29. The van der Waals surface area contributed by atoms with Crippen LogP contribution in [0.15, 0.2) is 0 Å². The van der Waals surface area contributed by atoms with Crippen molar-refractivity contribution in [1.29, 1.82) is 0 Å². The zero-order valence-electron chi connectivity index (χ0n) is 13.3. The van der Waals surface area contributed by atoms with Gasteiger partial charge in [-0.25, -0.2) is 0 Å². The highest BCUT2D eigenvalue weighted by Gasteiger charge is 2.20. The summed E-state index contributed by atoms with van der Waals surface area (Å²) >= 11 is 0. The average Bonchev–Trinajstić information content (AvgIpc) is 2.61. The monoisotopic (exact) mass is 270 g/mol. The first-order valence-corrected chi connectivity index (χ1v) is 7.98. The van der Waals surface area contributed by atoms with E-state index in [4.69, 9.17) is 5.73 Å². The Bertz CT molecular complexity index is 220. The quantitative estimate of drug-likeness (QED) is 0.716. The van der Waals surface area contributed by atoms with Gasteiger partial charge >= 0.3 is 0 Å². The lowest BCUT2D eigenvalue weighted by atomic mass is 10.1. The first kappa shape index (κ1) is 16.9. The van der Waals surface area contributed by atoms with Crippen molar-refractivity contribution in [2.24, 2.45) is 5.73 Å². The van der Waals surface area contributed by atoms with Crippen molar-refractivity contribution < 1.29 is 0 Å². The van der Waals surface area contributed by atoms with E-state index in [2.05, 4.69) is 35.7 Å². The van der Waals surface area contributed by atoms with Crippen LogP contribution in [0.1, 0.15) is 32.6 Å². The molecule has 1 saturated heterocycles. The average molecular weight is 270 g/mol. The summed E-state index contributed by atoms with van der Waals surface area (Å²) in [5.41, 5.74) is 5.73. The first-order chi connectivity index (χ1) is 9.17. The fourth-order valence-corrected chi connectivity index (χ4v) is 3.03. The number of hydrogen-bond donors (Lipinski definition) is 1. The van der Waals surface area contributed by atoms with Crippen molar-refractivity contribution in [3.63, 3.8) is 0 Å². The first-order valence-electron chi connectivity index (χ1n) is 7.98. The topological polar surface area (TPSA) is 35.7 Å². The van der Waals surface area contributed by atoms with Crippen molar-refractivity contribution in [2.45, 2.75) is 38.6 Å². The van der Waals surface area contributed by atoms with Gasteiger partial charge in [-0.15, -0.1) is 0 Å². The largest absolute Gasteiger partial charge is 0.330 e. The molecule has 2 N–H and O–H groups in total. The number of rotatable bonds is 8. The molecule has 19 heavy (non-hydrogen) atoms. The summed E-state index contributed by atoms with van der Waals surface area (Å²) in [6.07, 6.45) is 4.98. The Morgan fingerprint density at radius 2 is 1.95 bits per heavy atom. The van der Waals surface area contributed by atoms with Gasteiger partial charge in [0.15, 0.2) is 0 Å².